The Balaban J connectivity index is -0.000000294. The van der Waals surface area contributed by atoms with Crippen molar-refractivity contribution in [2.24, 2.45) is 0 Å². The average Bonchev–Trinajstić information content (AvgIpc) is 3.01. The van der Waals surface area contributed by atoms with Gasteiger partial charge in [0.1, 0.15) is 12.8 Å². The van der Waals surface area contributed by atoms with Crippen molar-refractivity contribution in [2.75, 3.05) is 72.5 Å². The van der Waals surface area contributed by atoms with Crippen LogP contribution in [0.5, 0.6) is 0 Å². The van der Waals surface area contributed by atoms with E-state index in [9.17, 15) is 19.2 Å². The smallest absolute Gasteiger partial charge is 0.335 e. The molecule has 0 spiro atoms. The van der Waals surface area contributed by atoms with Crippen molar-refractivity contribution in [1.29, 1.82) is 0 Å². The normalized spacial score (nSPS) is 10.8. The molecule has 1 N–H and O–H groups in total. The summed E-state index contributed by atoms with van der Waals surface area (Å²) >= 11 is 4.87. The Labute approximate surface area is 298 Å². The Morgan fingerprint density at radius 3 is 1.21 bits per heavy atom. The molecule has 16 heteroatoms. The van der Waals surface area contributed by atoms with E-state index < -0.39 is 40.3 Å². The van der Waals surface area contributed by atoms with Crippen molar-refractivity contribution in [3.05, 3.63) is 0 Å². The van der Waals surface area contributed by atoms with Crippen molar-refractivity contribution < 1.29 is 56.2 Å². The SMILES string of the molecule is CCN(CC)CC.CCOC(=O)CC(=O)Cl.CCOC(=O)CC(=O)OCCC[Si](C)(OCC)OCC.CCO[Si](C)(CCCO)OCC. The number of aliphatic hydroxyl groups is 1. The Kier molecular flexibility index (Phi) is 40.9. The molecular formula is C32H68ClNO12Si2. The lowest BCUT2D eigenvalue weighted by atomic mass is 10.4. The van der Waals surface area contributed by atoms with Gasteiger partial charge >= 0.3 is 35.0 Å². The van der Waals surface area contributed by atoms with Crippen molar-refractivity contribution in [1.82, 2.24) is 4.90 Å². The van der Waals surface area contributed by atoms with Gasteiger partial charge in [0.05, 0.1) is 19.8 Å². The van der Waals surface area contributed by atoms with E-state index in [1.807, 2.05) is 34.2 Å². The van der Waals surface area contributed by atoms with Gasteiger partial charge in [-0.3, -0.25) is 19.2 Å². The molecule has 0 heterocycles. The summed E-state index contributed by atoms with van der Waals surface area (Å²) in [7, 11) is -4.08. The number of nitrogens with zero attached hydrogens (tertiary/aromatic N) is 1. The van der Waals surface area contributed by atoms with E-state index in [0.29, 0.717) is 32.8 Å². The van der Waals surface area contributed by atoms with Gasteiger partial charge in [-0.25, -0.2) is 0 Å². The highest BCUT2D eigenvalue weighted by Gasteiger charge is 2.30. The zero-order chi connectivity index (χ0) is 37.9. The van der Waals surface area contributed by atoms with Gasteiger partial charge in [-0.05, 0) is 111 Å². The molecule has 0 saturated carbocycles. The molecule has 0 fully saturated rings. The van der Waals surface area contributed by atoms with E-state index in [4.69, 9.17) is 39.1 Å². The van der Waals surface area contributed by atoms with Crippen LogP contribution in [0, 0.1) is 0 Å². The second-order valence-corrected chi connectivity index (χ2v) is 17.2. The van der Waals surface area contributed by atoms with Gasteiger partial charge in [-0.1, -0.05) is 20.8 Å². The summed E-state index contributed by atoms with van der Waals surface area (Å²) in [5.74, 6) is -1.68. The Hall–Kier alpha value is -1.44. The number of esters is 3. The quantitative estimate of drug-likeness (QED) is 0.0326. The van der Waals surface area contributed by atoms with E-state index in [1.165, 1.54) is 19.6 Å². The molecule has 13 nitrogen and oxygen atoms in total. The summed E-state index contributed by atoms with van der Waals surface area (Å²) < 4.78 is 36.6. The first-order valence-corrected chi connectivity index (χ1v) is 22.6. The molecule has 0 atom stereocenters. The standard InChI is InChI=1S/C13H26O6Si.C8H20O3Si.C6H15N.C5H7ClO3/c1-5-16-12(14)11-13(15)17-9-8-10-20(4,18-6-2)19-7-3;1-4-10-12(3,11-5-2)8-6-7-9;1-4-7(5-2)6-3;1-2-9-5(8)3-4(6)7/h5-11H2,1-4H3;9H,4-8H2,1-3H3;4-6H2,1-3H3;2-3H2,1H3. The van der Waals surface area contributed by atoms with E-state index >= 15 is 0 Å². The van der Waals surface area contributed by atoms with Crippen LogP contribution in [0.2, 0.25) is 25.2 Å². The van der Waals surface area contributed by atoms with E-state index in [-0.39, 0.29) is 39.3 Å². The molecule has 0 saturated heterocycles. The van der Waals surface area contributed by atoms with Crippen LogP contribution in [-0.2, 0) is 51.1 Å². The largest absolute Gasteiger partial charge is 0.466 e. The molecule has 0 aliphatic rings. The number of carbonyl (C=O) groups is 4. The van der Waals surface area contributed by atoms with Crippen LogP contribution in [0.1, 0.15) is 88.0 Å². The van der Waals surface area contributed by atoms with Crippen molar-refractivity contribution in [3.8, 4) is 0 Å². The third kappa shape index (κ3) is 37.4. The van der Waals surface area contributed by atoms with Crippen LogP contribution >= 0.6 is 11.6 Å². The molecule has 0 bridgehead atoms. The molecule has 0 aromatic carbocycles. The maximum Gasteiger partial charge on any atom is 0.335 e. The molecule has 0 radical (unpaired) electrons. The van der Waals surface area contributed by atoms with Gasteiger partial charge in [0.15, 0.2) is 0 Å². The maximum atomic E-state index is 11.3. The van der Waals surface area contributed by atoms with Gasteiger partial charge in [0, 0.05) is 33.0 Å². The lowest BCUT2D eigenvalue weighted by molar-refractivity contribution is -0.154. The predicted octanol–water partition coefficient (Wildman–Crippen LogP) is 5.58. The summed E-state index contributed by atoms with van der Waals surface area (Å²) in [6, 6.07) is 1.63. The van der Waals surface area contributed by atoms with Gasteiger partial charge in [0.2, 0.25) is 5.24 Å². The second kappa shape index (κ2) is 36.8. The van der Waals surface area contributed by atoms with Crippen LogP contribution in [-0.4, -0.2) is 123 Å². The highest BCUT2D eigenvalue weighted by atomic mass is 35.5. The third-order valence-corrected chi connectivity index (χ3v) is 12.4. The lowest BCUT2D eigenvalue weighted by Gasteiger charge is -2.25. The minimum absolute atomic E-state index is 0.225. The number of rotatable bonds is 24. The fraction of sp³-hybridized carbons (Fsp3) is 0.875. The minimum Gasteiger partial charge on any atom is -0.466 e. The molecule has 288 valence electrons. The number of aliphatic hydroxyl groups excluding tert-OH is 1. The van der Waals surface area contributed by atoms with Gasteiger partial charge in [-0.15, -0.1) is 0 Å². The van der Waals surface area contributed by atoms with Gasteiger partial charge in [0.25, 0.3) is 0 Å². The highest BCUT2D eigenvalue weighted by Crippen LogP contribution is 2.16. The number of hydrogen-bond donors (Lipinski definition) is 1. The topological polar surface area (TPSA) is 156 Å². The van der Waals surface area contributed by atoms with Crippen molar-refractivity contribution in [2.45, 2.75) is 113 Å². The zero-order valence-electron chi connectivity index (χ0n) is 31.8. The molecule has 0 unspecified atom stereocenters. The summed E-state index contributed by atoms with van der Waals surface area (Å²) in [5, 5.41) is 7.99. The molecule has 0 aliphatic heterocycles. The first-order chi connectivity index (χ1) is 22.7. The van der Waals surface area contributed by atoms with Crippen LogP contribution in [0.4, 0.5) is 0 Å². The summed E-state index contributed by atoms with van der Waals surface area (Å²) in [6.45, 7) is 29.0. The van der Waals surface area contributed by atoms with E-state index in [2.05, 4.69) is 41.7 Å². The summed E-state index contributed by atoms with van der Waals surface area (Å²) in [6.07, 6.45) is 0.773. The van der Waals surface area contributed by atoms with Gasteiger partial charge in [-0.2, -0.15) is 0 Å². The minimum atomic E-state index is -2.15. The van der Waals surface area contributed by atoms with Crippen LogP contribution in [0.3, 0.4) is 0 Å². The van der Waals surface area contributed by atoms with Crippen LogP contribution in [0.15, 0.2) is 0 Å². The predicted molar refractivity (Wildman–Crippen MR) is 193 cm³/mol. The fourth-order valence-corrected chi connectivity index (χ4v) is 8.83. The molecule has 0 rings (SSSR count). The number of carbonyl (C=O) groups excluding carboxylic acids is 4. The van der Waals surface area contributed by atoms with E-state index in [0.717, 1.165) is 18.5 Å². The fourth-order valence-electron chi connectivity index (χ4n) is 3.95. The Bertz CT molecular complexity index is 775. The monoisotopic (exact) mass is 749 g/mol. The molecule has 0 amide bonds. The number of halogens is 1. The van der Waals surface area contributed by atoms with Crippen molar-refractivity contribution >= 4 is 51.9 Å². The van der Waals surface area contributed by atoms with E-state index in [1.54, 1.807) is 13.8 Å². The molecular weight excluding hydrogens is 682 g/mol. The first-order valence-electron chi connectivity index (χ1n) is 17.2. The molecule has 48 heavy (non-hydrogen) atoms. The molecule has 0 aromatic rings. The highest BCUT2D eigenvalue weighted by molar-refractivity contribution is 6.66. The van der Waals surface area contributed by atoms with Gasteiger partial charge < -0.3 is 41.9 Å². The third-order valence-electron chi connectivity index (χ3n) is 6.15. The second-order valence-electron chi connectivity index (χ2n) is 10.1. The Morgan fingerprint density at radius 1 is 0.562 bits per heavy atom. The summed E-state index contributed by atoms with van der Waals surface area (Å²) in [4.78, 5) is 45.1. The zero-order valence-corrected chi connectivity index (χ0v) is 34.5. The lowest BCUT2D eigenvalue weighted by Crippen LogP contribution is -2.38. The Morgan fingerprint density at radius 2 is 0.917 bits per heavy atom. The van der Waals surface area contributed by atoms with Crippen LogP contribution < -0.4 is 0 Å². The first kappa shape index (κ1) is 53.4. The average molecular weight is 751 g/mol. The number of ether oxygens (including phenoxy) is 3. The summed E-state index contributed by atoms with van der Waals surface area (Å²) in [5.41, 5.74) is 0. The van der Waals surface area contributed by atoms with Crippen molar-refractivity contribution in [3.63, 3.8) is 0 Å². The maximum absolute atomic E-state index is 11.3. The molecule has 0 aliphatic carbocycles. The number of hydrogen-bond acceptors (Lipinski definition) is 13. The molecule has 0 aromatic heterocycles. The van der Waals surface area contributed by atoms with Crippen LogP contribution in [0.25, 0.3) is 0 Å².